The van der Waals surface area contributed by atoms with Crippen LogP contribution in [0.5, 0.6) is 0 Å². The van der Waals surface area contributed by atoms with Crippen molar-refractivity contribution in [3.8, 4) is 0 Å². The summed E-state index contributed by atoms with van der Waals surface area (Å²) >= 11 is 0. The molecular formula is C14H22O2. The van der Waals surface area contributed by atoms with E-state index in [0.29, 0.717) is 6.61 Å². The third-order valence-corrected chi connectivity index (χ3v) is 2.80. The lowest BCUT2D eigenvalue weighted by atomic mass is 9.85. The second-order valence-corrected chi connectivity index (χ2v) is 5.53. The van der Waals surface area contributed by atoms with Crippen LogP contribution >= 0.6 is 0 Å². The number of rotatable bonds is 3. The lowest BCUT2D eigenvalue weighted by molar-refractivity contribution is -0.0208. The molecule has 1 rings (SSSR count). The summed E-state index contributed by atoms with van der Waals surface area (Å²) in [6, 6.07) is 8.08. The first-order valence-electron chi connectivity index (χ1n) is 5.60. The van der Waals surface area contributed by atoms with E-state index in [1.807, 2.05) is 12.1 Å². The summed E-state index contributed by atoms with van der Waals surface area (Å²) in [6.45, 7) is 8.60. The van der Waals surface area contributed by atoms with E-state index in [1.165, 1.54) is 5.56 Å². The predicted octanol–water partition coefficient (Wildman–Crippen LogP) is 2.84. The first kappa shape index (κ1) is 13.2. The van der Waals surface area contributed by atoms with Crippen molar-refractivity contribution < 1.29 is 9.84 Å². The van der Waals surface area contributed by atoms with Gasteiger partial charge < -0.3 is 9.84 Å². The standard InChI is InChI=1S/C14H22O2/c1-13(2,3)11-6-8-12(9-7-11)14(4,15)10-16-5/h6-9,15H,10H2,1-5H3. The van der Waals surface area contributed by atoms with Crippen molar-refractivity contribution in [3.05, 3.63) is 35.4 Å². The van der Waals surface area contributed by atoms with Crippen molar-refractivity contribution in [1.82, 2.24) is 0 Å². The van der Waals surface area contributed by atoms with Gasteiger partial charge in [0.25, 0.3) is 0 Å². The smallest absolute Gasteiger partial charge is 0.110 e. The molecule has 0 aliphatic rings. The molecule has 0 aliphatic heterocycles. The Balaban J connectivity index is 2.95. The lowest BCUT2D eigenvalue weighted by Crippen LogP contribution is -2.27. The van der Waals surface area contributed by atoms with Crippen LogP contribution in [-0.2, 0) is 15.8 Å². The zero-order chi connectivity index (χ0) is 12.4. The molecule has 0 amide bonds. The van der Waals surface area contributed by atoms with E-state index in [-0.39, 0.29) is 5.41 Å². The van der Waals surface area contributed by atoms with Crippen LogP contribution in [0.25, 0.3) is 0 Å². The zero-order valence-corrected chi connectivity index (χ0v) is 10.9. The number of aliphatic hydroxyl groups is 1. The van der Waals surface area contributed by atoms with Crippen LogP contribution in [0.1, 0.15) is 38.8 Å². The topological polar surface area (TPSA) is 29.5 Å². The average molecular weight is 222 g/mol. The molecule has 0 radical (unpaired) electrons. The van der Waals surface area contributed by atoms with E-state index in [0.717, 1.165) is 5.56 Å². The first-order chi connectivity index (χ1) is 7.27. The van der Waals surface area contributed by atoms with Crippen LogP contribution in [0.3, 0.4) is 0 Å². The molecule has 90 valence electrons. The highest BCUT2D eigenvalue weighted by molar-refractivity contribution is 5.30. The molecule has 0 saturated heterocycles. The summed E-state index contributed by atoms with van der Waals surface area (Å²) in [5.74, 6) is 0. The molecular weight excluding hydrogens is 200 g/mol. The van der Waals surface area contributed by atoms with Crippen molar-refractivity contribution >= 4 is 0 Å². The largest absolute Gasteiger partial charge is 0.383 e. The minimum atomic E-state index is -0.912. The number of methoxy groups -OCH3 is 1. The fraction of sp³-hybridized carbons (Fsp3) is 0.571. The molecule has 2 heteroatoms. The van der Waals surface area contributed by atoms with E-state index in [4.69, 9.17) is 4.74 Å². The van der Waals surface area contributed by atoms with Gasteiger partial charge in [-0.05, 0) is 23.5 Å². The zero-order valence-electron chi connectivity index (χ0n) is 10.9. The van der Waals surface area contributed by atoms with E-state index in [9.17, 15) is 5.11 Å². The van der Waals surface area contributed by atoms with E-state index < -0.39 is 5.60 Å². The normalized spacial score (nSPS) is 15.9. The summed E-state index contributed by atoms with van der Waals surface area (Å²) in [7, 11) is 1.60. The number of hydrogen-bond donors (Lipinski definition) is 1. The highest BCUT2D eigenvalue weighted by Crippen LogP contribution is 2.26. The molecule has 0 aliphatic carbocycles. The molecule has 1 aromatic carbocycles. The monoisotopic (exact) mass is 222 g/mol. The van der Waals surface area contributed by atoms with Crippen molar-refractivity contribution in [2.45, 2.75) is 38.7 Å². The molecule has 1 aromatic rings. The Hall–Kier alpha value is -0.860. The van der Waals surface area contributed by atoms with Crippen LogP contribution in [0.4, 0.5) is 0 Å². The summed E-state index contributed by atoms with van der Waals surface area (Å²) < 4.78 is 5.01. The molecule has 0 fully saturated rings. The van der Waals surface area contributed by atoms with Gasteiger partial charge in [0.15, 0.2) is 0 Å². The molecule has 16 heavy (non-hydrogen) atoms. The maximum Gasteiger partial charge on any atom is 0.110 e. The van der Waals surface area contributed by atoms with Crippen molar-refractivity contribution in [1.29, 1.82) is 0 Å². The van der Waals surface area contributed by atoms with Gasteiger partial charge in [0, 0.05) is 7.11 Å². The van der Waals surface area contributed by atoms with Gasteiger partial charge in [-0.15, -0.1) is 0 Å². The number of ether oxygens (including phenoxy) is 1. The van der Waals surface area contributed by atoms with Gasteiger partial charge in [0.1, 0.15) is 5.60 Å². The maximum atomic E-state index is 10.2. The number of benzene rings is 1. The lowest BCUT2D eigenvalue weighted by Gasteiger charge is -2.25. The summed E-state index contributed by atoms with van der Waals surface area (Å²) in [4.78, 5) is 0. The molecule has 1 unspecified atom stereocenters. The van der Waals surface area contributed by atoms with Crippen LogP contribution in [0.2, 0.25) is 0 Å². The average Bonchev–Trinajstić information content (AvgIpc) is 2.16. The first-order valence-corrected chi connectivity index (χ1v) is 5.60. The minimum Gasteiger partial charge on any atom is -0.383 e. The van der Waals surface area contributed by atoms with Gasteiger partial charge >= 0.3 is 0 Å². The highest BCUT2D eigenvalue weighted by atomic mass is 16.5. The van der Waals surface area contributed by atoms with Crippen molar-refractivity contribution in [2.24, 2.45) is 0 Å². The van der Waals surface area contributed by atoms with Crippen molar-refractivity contribution in [3.63, 3.8) is 0 Å². The van der Waals surface area contributed by atoms with Crippen LogP contribution in [-0.4, -0.2) is 18.8 Å². The molecule has 1 atom stereocenters. The van der Waals surface area contributed by atoms with Gasteiger partial charge in [-0.2, -0.15) is 0 Å². The fourth-order valence-electron chi connectivity index (χ4n) is 1.69. The Morgan fingerprint density at radius 1 is 1.00 bits per heavy atom. The quantitative estimate of drug-likeness (QED) is 0.852. The van der Waals surface area contributed by atoms with Gasteiger partial charge in [-0.25, -0.2) is 0 Å². The predicted molar refractivity (Wildman–Crippen MR) is 66.6 cm³/mol. The maximum absolute atomic E-state index is 10.2. The number of hydrogen-bond acceptors (Lipinski definition) is 2. The van der Waals surface area contributed by atoms with Crippen LogP contribution < -0.4 is 0 Å². The SMILES string of the molecule is COCC(C)(O)c1ccc(C(C)(C)C)cc1. The Labute approximate surface area is 98.3 Å². The Morgan fingerprint density at radius 3 is 1.81 bits per heavy atom. The van der Waals surface area contributed by atoms with E-state index in [2.05, 4.69) is 32.9 Å². The second kappa shape index (κ2) is 4.56. The Morgan fingerprint density at radius 2 is 1.44 bits per heavy atom. The third-order valence-electron chi connectivity index (χ3n) is 2.80. The molecule has 0 bridgehead atoms. The molecule has 0 aromatic heterocycles. The van der Waals surface area contributed by atoms with Gasteiger partial charge in [0.2, 0.25) is 0 Å². The fourth-order valence-corrected chi connectivity index (χ4v) is 1.69. The molecule has 0 heterocycles. The molecule has 2 nitrogen and oxygen atoms in total. The molecule has 1 N–H and O–H groups in total. The van der Waals surface area contributed by atoms with Gasteiger partial charge in [0.05, 0.1) is 6.61 Å². The van der Waals surface area contributed by atoms with Crippen LogP contribution in [0, 0.1) is 0 Å². The second-order valence-electron chi connectivity index (χ2n) is 5.53. The van der Waals surface area contributed by atoms with Crippen molar-refractivity contribution in [2.75, 3.05) is 13.7 Å². The summed E-state index contributed by atoms with van der Waals surface area (Å²) in [6.07, 6.45) is 0. The highest BCUT2D eigenvalue weighted by Gasteiger charge is 2.23. The summed E-state index contributed by atoms with van der Waals surface area (Å²) in [5.41, 5.74) is 1.39. The Bertz CT molecular complexity index is 331. The van der Waals surface area contributed by atoms with E-state index >= 15 is 0 Å². The van der Waals surface area contributed by atoms with E-state index in [1.54, 1.807) is 14.0 Å². The van der Waals surface area contributed by atoms with Crippen LogP contribution in [0.15, 0.2) is 24.3 Å². The third kappa shape index (κ3) is 3.06. The molecule has 0 spiro atoms. The summed E-state index contributed by atoms with van der Waals surface area (Å²) in [5, 5.41) is 10.2. The minimum absolute atomic E-state index is 0.144. The Kier molecular flexibility index (Phi) is 3.76. The van der Waals surface area contributed by atoms with Gasteiger partial charge in [-0.3, -0.25) is 0 Å². The molecule has 0 saturated carbocycles. The van der Waals surface area contributed by atoms with Gasteiger partial charge in [-0.1, -0.05) is 45.0 Å².